The van der Waals surface area contributed by atoms with Crippen LogP contribution in [0, 0.1) is 7.43 Å². The van der Waals surface area contributed by atoms with Crippen LogP contribution < -0.4 is 0 Å². The first-order chi connectivity index (χ1) is 1.41. The van der Waals surface area contributed by atoms with Crippen LogP contribution >= 0.6 is 19.6 Å². The maximum absolute atomic E-state index is 4.34. The Bertz CT molecular complexity index is 27.0. The zero-order valence-corrected chi connectivity index (χ0v) is 5.36. The van der Waals surface area contributed by atoms with Gasteiger partial charge in [0, 0.05) is 7.43 Å². The summed E-state index contributed by atoms with van der Waals surface area (Å²) in [5, 5.41) is 0. The average molecular weight is 172 g/mol. The van der Waals surface area contributed by atoms with Crippen molar-refractivity contribution in [2.24, 2.45) is 0 Å². The molecule has 0 N–H and O–H groups in total. The summed E-state index contributed by atoms with van der Waals surface area (Å²) in [5.74, 6) is 0. The molecule has 0 heterocycles. The molecule has 0 bridgehead atoms. The van der Waals surface area contributed by atoms with E-state index < -0.39 is 0 Å². The predicted molar refractivity (Wildman–Crippen MR) is 18.4 cm³/mol. The molecule has 0 aromatic carbocycles. The van der Waals surface area contributed by atoms with Gasteiger partial charge in [-0.15, -0.1) is 0 Å². The fraction of sp³-hybridized carbons (Fsp3) is 0. The van der Waals surface area contributed by atoms with Crippen LogP contribution in [-0.2, 0) is 14.9 Å². The van der Waals surface area contributed by atoms with Crippen LogP contribution in [0.3, 0.4) is 0 Å². The maximum atomic E-state index is 4.34. The van der Waals surface area contributed by atoms with Gasteiger partial charge in [0.2, 0.25) is 0 Å². The van der Waals surface area contributed by atoms with Gasteiger partial charge in [-0.05, 0) is 0 Å². The van der Waals surface area contributed by atoms with Crippen LogP contribution in [0.2, 0.25) is 0 Å². The minimum absolute atomic E-state index is 0. The summed E-state index contributed by atoms with van der Waals surface area (Å²) in [6, 6.07) is 0. The Kier molecular flexibility index (Phi) is 19.9. The van der Waals surface area contributed by atoms with Crippen molar-refractivity contribution in [1.82, 2.24) is 0 Å². The summed E-state index contributed by atoms with van der Waals surface area (Å²) < 4.78 is 0. The molecule has 0 atom stereocenters. The third-order valence-electron chi connectivity index (χ3n) is 0. The zero-order chi connectivity index (χ0) is 2.71. The Morgan fingerprint density at radius 3 is 1.25 bits per heavy atom. The Hall–Kier alpha value is 1.13. The Morgan fingerprint density at radius 1 is 1.25 bits per heavy atom. The van der Waals surface area contributed by atoms with Crippen LogP contribution in [0.1, 0.15) is 0 Å². The molecule has 0 fully saturated rings. The van der Waals surface area contributed by atoms with Crippen molar-refractivity contribution in [2.45, 2.75) is 0 Å². The van der Waals surface area contributed by atoms with Gasteiger partial charge in [-0.25, -0.2) is 0 Å². The molecule has 3 heteroatoms. The molecule has 22 valence electrons. The van der Waals surface area contributed by atoms with Crippen LogP contribution in [0.25, 0.3) is 0 Å². The topological polar surface area (TPSA) is 0 Å². The van der Waals surface area contributed by atoms with Crippen LogP contribution in [0.4, 0.5) is 0 Å². The fourth-order valence-corrected chi connectivity index (χ4v) is 0. The number of hydrogen-bond donors (Lipinski definition) is 0. The van der Waals surface area contributed by atoms with E-state index >= 15 is 0 Å². The Morgan fingerprint density at radius 2 is 1.25 bits per heavy atom. The van der Waals surface area contributed by atoms with Gasteiger partial charge in [0.25, 0.3) is 0 Å². The van der Waals surface area contributed by atoms with E-state index in [0.29, 0.717) is 0 Å². The third kappa shape index (κ3) is 11.1. The van der Waals surface area contributed by atoms with Gasteiger partial charge >= 0.3 is 34.6 Å². The van der Waals surface area contributed by atoms with E-state index in [4.69, 9.17) is 0 Å². The van der Waals surface area contributed by atoms with Gasteiger partial charge in [0.05, 0.1) is 0 Å². The second kappa shape index (κ2) is 8.92. The van der Waals surface area contributed by atoms with Gasteiger partial charge in [-0.1, -0.05) is 0 Å². The van der Waals surface area contributed by atoms with Gasteiger partial charge in [-0.3, -0.25) is 0 Å². The van der Waals surface area contributed by atoms with E-state index in [9.17, 15) is 0 Å². The monoisotopic (exact) mass is 174 g/mol. The van der Waals surface area contributed by atoms with Gasteiger partial charge in [0.15, 0.2) is 0 Å². The zero-order valence-electron chi connectivity index (χ0n) is 1.72. The molecule has 0 aromatic heterocycles. The van der Waals surface area contributed by atoms with Crippen molar-refractivity contribution >= 4 is 19.6 Å². The molecule has 0 aromatic rings. The summed E-state index contributed by atoms with van der Waals surface area (Å²) in [6.45, 7) is 0. The van der Waals surface area contributed by atoms with E-state index in [0.717, 1.165) is 0 Å². The minimum atomic E-state index is -0.363. The molecule has 0 rings (SSSR count). The standard InChI is InChI=1S/C.Mo.2S. The number of rotatable bonds is 0. The van der Waals surface area contributed by atoms with Gasteiger partial charge in [0.1, 0.15) is 0 Å². The SMILES string of the molecule is [C].[S]=[Mo]=[S]. The van der Waals surface area contributed by atoms with Gasteiger partial charge in [-0.2, -0.15) is 0 Å². The molecule has 4 heavy (non-hydrogen) atoms. The average Bonchev–Trinajstić information content (AvgIpc) is 0.918. The molecule has 0 amide bonds. The van der Waals surface area contributed by atoms with E-state index in [-0.39, 0.29) is 22.4 Å². The molecule has 0 saturated carbocycles. The van der Waals surface area contributed by atoms with Crippen LogP contribution in [0.5, 0.6) is 0 Å². The molecule has 0 aliphatic heterocycles. The number of hydrogen-bond acceptors (Lipinski definition) is 2. The van der Waals surface area contributed by atoms with Crippen molar-refractivity contribution in [3.8, 4) is 0 Å². The summed E-state index contributed by atoms with van der Waals surface area (Å²) >= 11 is -0.363. The molecule has 0 nitrogen and oxygen atoms in total. The van der Waals surface area contributed by atoms with Crippen LogP contribution in [0.15, 0.2) is 0 Å². The molecule has 4 radical (unpaired) electrons. The Labute approximate surface area is 42.0 Å². The fourth-order valence-electron chi connectivity index (χ4n) is 0. The molecular weight excluding hydrogens is 172 g/mol. The summed E-state index contributed by atoms with van der Waals surface area (Å²) in [7, 11) is 8.68. The van der Waals surface area contributed by atoms with E-state index in [1.165, 1.54) is 0 Å². The van der Waals surface area contributed by atoms with Gasteiger partial charge < -0.3 is 0 Å². The first-order valence-electron chi connectivity index (χ1n) is 0.333. The van der Waals surface area contributed by atoms with Crippen molar-refractivity contribution < 1.29 is 14.9 Å². The van der Waals surface area contributed by atoms with Crippen LogP contribution in [-0.4, -0.2) is 0 Å². The molecule has 0 aliphatic rings. The summed E-state index contributed by atoms with van der Waals surface area (Å²) in [5.41, 5.74) is 0. The second-order valence-corrected chi connectivity index (χ2v) is 3.62. The van der Waals surface area contributed by atoms with Crippen molar-refractivity contribution in [3.63, 3.8) is 0 Å². The van der Waals surface area contributed by atoms with Crippen molar-refractivity contribution in [1.29, 1.82) is 0 Å². The molecule has 0 spiro atoms. The predicted octanol–water partition coefficient (Wildman–Crippen LogP) is 1.38. The first kappa shape index (κ1) is 8.93. The molecular formula is CMoS2. The molecule has 0 saturated heterocycles. The van der Waals surface area contributed by atoms with E-state index in [1.807, 2.05) is 0 Å². The Balaban J connectivity index is 0. The second-order valence-electron chi connectivity index (χ2n) is 0.0680. The third-order valence-corrected chi connectivity index (χ3v) is 0. The normalized spacial score (nSPS) is 3.00. The van der Waals surface area contributed by atoms with E-state index in [2.05, 4.69) is 19.6 Å². The molecule has 0 unspecified atom stereocenters. The quantitative estimate of drug-likeness (QED) is 0.506. The van der Waals surface area contributed by atoms with Crippen molar-refractivity contribution in [2.75, 3.05) is 0 Å². The van der Waals surface area contributed by atoms with E-state index in [1.54, 1.807) is 0 Å². The summed E-state index contributed by atoms with van der Waals surface area (Å²) in [6.07, 6.45) is 0. The first-order valence-corrected chi connectivity index (χ1v) is 5.92. The summed E-state index contributed by atoms with van der Waals surface area (Å²) in [4.78, 5) is 0. The molecule has 0 aliphatic carbocycles. The van der Waals surface area contributed by atoms with Crippen molar-refractivity contribution in [3.05, 3.63) is 7.43 Å².